The van der Waals surface area contributed by atoms with Gasteiger partial charge in [-0.3, -0.25) is 19.5 Å². The summed E-state index contributed by atoms with van der Waals surface area (Å²) in [6, 6.07) is 0.772. The van der Waals surface area contributed by atoms with Gasteiger partial charge in [0.1, 0.15) is 11.4 Å². The van der Waals surface area contributed by atoms with Gasteiger partial charge >= 0.3 is 11.9 Å². The van der Waals surface area contributed by atoms with E-state index in [1.165, 1.54) is 6.92 Å². The summed E-state index contributed by atoms with van der Waals surface area (Å²) >= 11 is 5.90. The highest BCUT2D eigenvalue weighted by molar-refractivity contribution is 6.36. The molecule has 1 aromatic carbocycles. The summed E-state index contributed by atoms with van der Waals surface area (Å²) in [5.74, 6) is -1.23. The largest absolute Gasteiger partial charge is 0.431 e. The van der Waals surface area contributed by atoms with Crippen LogP contribution in [0.5, 0.6) is 0 Å². The van der Waals surface area contributed by atoms with Crippen LogP contribution in [0, 0.1) is 22.9 Å². The van der Waals surface area contributed by atoms with Gasteiger partial charge in [-0.05, 0) is 13.0 Å². The molecular formula is C15H9ClF4N4O4. The highest BCUT2D eigenvalue weighted by Gasteiger charge is 2.36. The van der Waals surface area contributed by atoms with Crippen molar-refractivity contribution in [1.29, 1.82) is 0 Å². The Bertz CT molecular complexity index is 1270. The van der Waals surface area contributed by atoms with Crippen molar-refractivity contribution in [3.05, 3.63) is 65.3 Å². The molecule has 0 fully saturated rings. The SMILES string of the molecule is Cc1[nH]c2c(-n3c(=O)cc(C(F)(F)F)n(C)c3=O)c(F)cc(Cl)c2c1[N+](=O)[O-]. The van der Waals surface area contributed by atoms with E-state index in [9.17, 15) is 37.3 Å². The second-order valence-corrected chi connectivity index (χ2v) is 6.24. The number of nitro groups is 1. The molecule has 0 aliphatic heterocycles. The van der Waals surface area contributed by atoms with Crippen LogP contribution < -0.4 is 11.2 Å². The van der Waals surface area contributed by atoms with Crippen LogP contribution in [0.15, 0.2) is 21.7 Å². The molecule has 0 unspecified atom stereocenters. The molecule has 0 aliphatic carbocycles. The second-order valence-electron chi connectivity index (χ2n) is 5.84. The Morgan fingerprint density at radius 3 is 2.39 bits per heavy atom. The Morgan fingerprint density at radius 1 is 1.25 bits per heavy atom. The normalized spacial score (nSPS) is 12.0. The van der Waals surface area contributed by atoms with Gasteiger partial charge in [0, 0.05) is 13.1 Å². The Morgan fingerprint density at radius 2 is 1.86 bits per heavy atom. The fraction of sp³-hybridized carbons (Fsp3) is 0.200. The summed E-state index contributed by atoms with van der Waals surface area (Å²) in [5.41, 5.74) is -6.19. The topological polar surface area (TPSA) is 103 Å². The summed E-state index contributed by atoms with van der Waals surface area (Å²) in [5, 5.41) is 10.6. The van der Waals surface area contributed by atoms with Crippen molar-refractivity contribution in [2.45, 2.75) is 13.1 Å². The second kappa shape index (κ2) is 6.19. The number of aromatic amines is 1. The third-order valence-corrected chi connectivity index (χ3v) is 4.42. The quantitative estimate of drug-likeness (QED) is 0.391. The molecule has 8 nitrogen and oxygen atoms in total. The van der Waals surface area contributed by atoms with Crippen molar-refractivity contribution < 1.29 is 22.5 Å². The number of hydrogen-bond donors (Lipinski definition) is 1. The van der Waals surface area contributed by atoms with E-state index >= 15 is 0 Å². The summed E-state index contributed by atoms with van der Waals surface area (Å²) < 4.78 is 53.9. The lowest BCUT2D eigenvalue weighted by Gasteiger charge is -2.15. The number of alkyl halides is 3. The number of rotatable bonds is 2. The minimum Gasteiger partial charge on any atom is -0.351 e. The van der Waals surface area contributed by atoms with E-state index in [1.54, 1.807) is 0 Å². The van der Waals surface area contributed by atoms with Gasteiger partial charge < -0.3 is 4.98 Å². The van der Waals surface area contributed by atoms with Crippen molar-refractivity contribution in [1.82, 2.24) is 14.1 Å². The zero-order valence-electron chi connectivity index (χ0n) is 14.0. The van der Waals surface area contributed by atoms with Crippen LogP contribution in [0.25, 0.3) is 16.6 Å². The van der Waals surface area contributed by atoms with E-state index in [2.05, 4.69) is 4.98 Å². The van der Waals surface area contributed by atoms with E-state index in [-0.39, 0.29) is 36.8 Å². The van der Waals surface area contributed by atoms with E-state index in [0.29, 0.717) is 6.07 Å². The molecular weight excluding hydrogens is 412 g/mol. The highest BCUT2D eigenvalue weighted by Crippen LogP contribution is 2.38. The van der Waals surface area contributed by atoms with Crippen molar-refractivity contribution in [2.75, 3.05) is 0 Å². The molecule has 28 heavy (non-hydrogen) atoms. The molecule has 0 atom stereocenters. The molecule has 0 bridgehead atoms. The van der Waals surface area contributed by atoms with Gasteiger partial charge in [0.2, 0.25) is 0 Å². The molecule has 0 saturated carbocycles. The predicted octanol–water partition coefficient (Wildman–Crippen LogP) is 3.05. The first-order valence-electron chi connectivity index (χ1n) is 7.41. The van der Waals surface area contributed by atoms with Gasteiger partial charge in [0.25, 0.3) is 11.2 Å². The molecule has 148 valence electrons. The fourth-order valence-electron chi connectivity index (χ4n) is 2.95. The molecule has 0 amide bonds. The van der Waals surface area contributed by atoms with Crippen LogP contribution in [0.2, 0.25) is 5.02 Å². The van der Waals surface area contributed by atoms with E-state index < -0.39 is 45.2 Å². The molecule has 1 N–H and O–H groups in total. The summed E-state index contributed by atoms with van der Waals surface area (Å²) in [7, 11) is 0.758. The Labute approximate surface area is 156 Å². The van der Waals surface area contributed by atoms with Crippen molar-refractivity contribution in [3.8, 4) is 5.69 Å². The van der Waals surface area contributed by atoms with Crippen molar-refractivity contribution in [2.24, 2.45) is 7.05 Å². The van der Waals surface area contributed by atoms with Crippen LogP contribution in [0.3, 0.4) is 0 Å². The Balaban J connectivity index is 2.53. The maximum Gasteiger partial charge on any atom is 0.431 e. The minimum absolute atomic E-state index is 0.0504. The van der Waals surface area contributed by atoms with E-state index in [4.69, 9.17) is 11.6 Å². The molecule has 0 spiro atoms. The van der Waals surface area contributed by atoms with Gasteiger partial charge in [-0.25, -0.2) is 13.8 Å². The Kier molecular flexibility index (Phi) is 4.34. The monoisotopic (exact) mass is 420 g/mol. The van der Waals surface area contributed by atoms with E-state index in [1.807, 2.05) is 0 Å². The molecule has 0 aliphatic rings. The average molecular weight is 421 g/mol. The first-order valence-corrected chi connectivity index (χ1v) is 7.79. The number of halogens is 5. The number of fused-ring (bicyclic) bond motifs is 1. The molecule has 2 heterocycles. The lowest BCUT2D eigenvalue weighted by Crippen LogP contribution is -2.41. The van der Waals surface area contributed by atoms with Gasteiger partial charge in [0.15, 0.2) is 5.82 Å². The number of hydrogen-bond acceptors (Lipinski definition) is 4. The Hall–Kier alpha value is -3.15. The average Bonchev–Trinajstić information content (AvgIpc) is 2.90. The van der Waals surface area contributed by atoms with Crippen molar-refractivity contribution in [3.63, 3.8) is 0 Å². The smallest absolute Gasteiger partial charge is 0.351 e. The number of nitrogens with zero attached hydrogens (tertiary/aromatic N) is 3. The van der Waals surface area contributed by atoms with Gasteiger partial charge in [-0.2, -0.15) is 13.2 Å². The zero-order valence-corrected chi connectivity index (χ0v) is 14.8. The predicted molar refractivity (Wildman–Crippen MR) is 90.5 cm³/mol. The lowest BCUT2D eigenvalue weighted by molar-refractivity contribution is -0.383. The molecule has 0 radical (unpaired) electrons. The number of nitrogens with one attached hydrogen (secondary N) is 1. The first-order chi connectivity index (χ1) is 12.9. The van der Waals surface area contributed by atoms with Crippen LogP contribution in [-0.2, 0) is 13.2 Å². The molecule has 2 aromatic heterocycles. The molecule has 13 heteroatoms. The van der Waals surface area contributed by atoms with E-state index in [0.717, 1.165) is 7.05 Å². The lowest BCUT2D eigenvalue weighted by atomic mass is 10.2. The van der Waals surface area contributed by atoms with Crippen LogP contribution in [0.4, 0.5) is 23.2 Å². The third-order valence-electron chi connectivity index (χ3n) is 4.13. The maximum absolute atomic E-state index is 14.6. The van der Waals surface area contributed by atoms with Crippen LogP contribution in [0.1, 0.15) is 11.4 Å². The molecule has 3 aromatic rings. The molecule has 0 saturated heterocycles. The summed E-state index contributed by atoms with van der Waals surface area (Å²) in [6.45, 7) is 1.28. The standard InChI is InChI=1S/C15H9ClF4N4O4/c1-5-12(24(27)28)10-6(16)3-7(17)13(11(10)21-5)23-9(25)4-8(15(18,19)20)22(2)14(23)26/h3-4,21H,1-2H3. The maximum atomic E-state index is 14.6. The third kappa shape index (κ3) is 2.76. The highest BCUT2D eigenvalue weighted by atomic mass is 35.5. The number of H-pyrrole nitrogens is 1. The van der Waals surface area contributed by atoms with Gasteiger partial charge in [-0.15, -0.1) is 0 Å². The van der Waals surface area contributed by atoms with Gasteiger partial charge in [-0.1, -0.05) is 11.6 Å². The summed E-state index contributed by atoms with van der Waals surface area (Å²) in [6.07, 6.45) is -5.00. The number of aromatic nitrogens is 3. The van der Waals surface area contributed by atoms with Gasteiger partial charge in [0.05, 0.1) is 26.5 Å². The van der Waals surface area contributed by atoms with Crippen LogP contribution in [-0.4, -0.2) is 19.0 Å². The summed E-state index contributed by atoms with van der Waals surface area (Å²) in [4.78, 5) is 37.7. The number of aryl methyl sites for hydroxylation is 1. The van der Waals surface area contributed by atoms with Crippen molar-refractivity contribution >= 4 is 28.2 Å². The fourth-order valence-corrected chi connectivity index (χ4v) is 3.23. The minimum atomic E-state index is -5.00. The number of benzene rings is 1. The molecule has 3 rings (SSSR count). The first kappa shape index (κ1) is 19.6. The van der Waals surface area contributed by atoms with Crippen LogP contribution >= 0.6 is 11.6 Å². The zero-order chi connectivity index (χ0) is 21.1.